The quantitative estimate of drug-likeness (QED) is 0.561. The minimum atomic E-state index is -3.53. The molecule has 0 bridgehead atoms. The maximum Gasteiger partial charge on any atom is 0.240 e. The minimum absolute atomic E-state index is 0.0519. The van der Waals surface area contributed by atoms with E-state index in [1.807, 2.05) is 0 Å². The molecule has 0 spiro atoms. The van der Waals surface area contributed by atoms with E-state index in [9.17, 15) is 13.2 Å². The van der Waals surface area contributed by atoms with Gasteiger partial charge in [-0.3, -0.25) is 4.79 Å². The lowest BCUT2D eigenvalue weighted by atomic mass is 10.1. The lowest BCUT2D eigenvalue weighted by Gasteiger charge is -2.08. The number of nitrogens with one attached hydrogen (secondary N) is 1. The Labute approximate surface area is 128 Å². The summed E-state index contributed by atoms with van der Waals surface area (Å²) in [5.41, 5.74) is 0.445. The second kappa shape index (κ2) is 8.29. The van der Waals surface area contributed by atoms with Crippen molar-refractivity contribution < 1.29 is 13.2 Å². The Kier molecular flexibility index (Phi) is 7.05. The van der Waals surface area contributed by atoms with E-state index >= 15 is 0 Å². The van der Waals surface area contributed by atoms with Crippen LogP contribution in [0.25, 0.3) is 0 Å². The Morgan fingerprint density at radius 1 is 1.24 bits per heavy atom. The fourth-order valence-electron chi connectivity index (χ4n) is 2.01. The van der Waals surface area contributed by atoms with Crippen LogP contribution in [-0.2, 0) is 10.0 Å². The lowest BCUT2D eigenvalue weighted by molar-refractivity contribution is 0.0988. The van der Waals surface area contributed by atoms with Crippen molar-refractivity contribution in [1.29, 1.82) is 0 Å². The molecular weight excluding hydrogens is 286 g/mol. The van der Waals surface area contributed by atoms with Crippen LogP contribution in [0.5, 0.6) is 0 Å². The summed E-state index contributed by atoms with van der Waals surface area (Å²) in [6.07, 6.45) is 3.30. The minimum Gasteiger partial charge on any atom is -0.294 e. The number of carbonyl (C=O) groups excluding carboxylic acids is 1. The molecule has 0 heterocycles. The molecule has 0 aliphatic heterocycles. The first-order chi connectivity index (χ1) is 9.86. The molecule has 0 atom stereocenters. The third-order valence-corrected chi connectivity index (χ3v) is 4.75. The van der Waals surface area contributed by atoms with Gasteiger partial charge in [0, 0.05) is 18.5 Å². The molecule has 0 radical (unpaired) electrons. The van der Waals surface area contributed by atoms with E-state index in [0.29, 0.717) is 24.4 Å². The zero-order chi connectivity index (χ0) is 15.9. The molecule has 0 aliphatic rings. The van der Waals surface area contributed by atoms with Crippen molar-refractivity contribution >= 4 is 15.8 Å². The van der Waals surface area contributed by atoms with Crippen LogP contribution >= 0.6 is 0 Å². The van der Waals surface area contributed by atoms with Gasteiger partial charge in [-0.1, -0.05) is 45.7 Å². The smallest absolute Gasteiger partial charge is 0.240 e. The van der Waals surface area contributed by atoms with E-state index < -0.39 is 10.0 Å². The number of rotatable bonds is 9. The molecule has 1 aromatic carbocycles. The van der Waals surface area contributed by atoms with Crippen molar-refractivity contribution in [3.8, 4) is 0 Å². The van der Waals surface area contributed by atoms with Crippen LogP contribution in [0.2, 0.25) is 0 Å². The van der Waals surface area contributed by atoms with Crippen LogP contribution in [0.4, 0.5) is 0 Å². The fraction of sp³-hybridized carbons (Fsp3) is 0.562. The molecule has 21 heavy (non-hydrogen) atoms. The van der Waals surface area contributed by atoms with Gasteiger partial charge < -0.3 is 0 Å². The third-order valence-electron chi connectivity index (χ3n) is 3.29. The summed E-state index contributed by atoms with van der Waals surface area (Å²) in [6, 6.07) is 6.22. The summed E-state index contributed by atoms with van der Waals surface area (Å²) in [5.74, 6) is 0.585. The monoisotopic (exact) mass is 311 g/mol. The van der Waals surface area contributed by atoms with Crippen LogP contribution in [0.3, 0.4) is 0 Å². The summed E-state index contributed by atoms with van der Waals surface area (Å²) in [5, 5.41) is 0. The highest BCUT2D eigenvalue weighted by molar-refractivity contribution is 7.89. The highest BCUT2D eigenvalue weighted by atomic mass is 32.2. The van der Waals surface area contributed by atoms with Gasteiger partial charge in [-0.15, -0.1) is 0 Å². The zero-order valence-corrected chi connectivity index (χ0v) is 13.9. The van der Waals surface area contributed by atoms with Crippen molar-refractivity contribution in [3.63, 3.8) is 0 Å². The maximum absolute atomic E-state index is 12.2. The largest absolute Gasteiger partial charge is 0.294 e. The van der Waals surface area contributed by atoms with Crippen molar-refractivity contribution in [3.05, 3.63) is 29.8 Å². The van der Waals surface area contributed by atoms with E-state index in [4.69, 9.17) is 0 Å². The molecule has 0 fully saturated rings. The van der Waals surface area contributed by atoms with Crippen molar-refractivity contribution in [2.45, 2.75) is 51.3 Å². The van der Waals surface area contributed by atoms with E-state index in [1.54, 1.807) is 19.1 Å². The summed E-state index contributed by atoms with van der Waals surface area (Å²) in [4.78, 5) is 11.8. The van der Waals surface area contributed by atoms with Crippen LogP contribution in [0, 0.1) is 5.92 Å². The van der Waals surface area contributed by atoms with Gasteiger partial charge in [-0.25, -0.2) is 13.1 Å². The summed E-state index contributed by atoms with van der Waals surface area (Å²) < 4.78 is 26.9. The zero-order valence-electron chi connectivity index (χ0n) is 13.1. The highest BCUT2D eigenvalue weighted by Crippen LogP contribution is 2.13. The molecule has 4 nitrogen and oxygen atoms in total. The van der Waals surface area contributed by atoms with E-state index in [1.165, 1.54) is 12.1 Å². The summed E-state index contributed by atoms with van der Waals surface area (Å²) in [7, 11) is -3.53. The molecule has 1 aromatic rings. The number of benzene rings is 1. The first kappa shape index (κ1) is 17.9. The molecule has 5 heteroatoms. The Morgan fingerprint density at radius 2 is 1.95 bits per heavy atom. The van der Waals surface area contributed by atoms with Gasteiger partial charge >= 0.3 is 0 Å². The van der Waals surface area contributed by atoms with E-state index in [2.05, 4.69) is 18.6 Å². The van der Waals surface area contributed by atoms with Gasteiger partial charge in [0.2, 0.25) is 10.0 Å². The molecule has 0 amide bonds. The molecule has 1 N–H and O–H groups in total. The predicted molar refractivity (Wildman–Crippen MR) is 84.9 cm³/mol. The normalized spacial score (nSPS) is 11.8. The van der Waals surface area contributed by atoms with Gasteiger partial charge in [0.25, 0.3) is 0 Å². The molecular formula is C16H25NO3S. The number of hydrogen-bond donors (Lipinski definition) is 1. The van der Waals surface area contributed by atoms with Crippen molar-refractivity contribution in [2.24, 2.45) is 5.92 Å². The van der Waals surface area contributed by atoms with Crippen LogP contribution in [0.1, 0.15) is 56.8 Å². The van der Waals surface area contributed by atoms with Crippen LogP contribution < -0.4 is 4.72 Å². The number of sulfonamides is 1. The van der Waals surface area contributed by atoms with Gasteiger partial charge in [-0.2, -0.15) is 0 Å². The van der Waals surface area contributed by atoms with Gasteiger partial charge in [0.1, 0.15) is 0 Å². The fourth-order valence-corrected chi connectivity index (χ4v) is 3.13. The molecule has 118 valence electrons. The Hall–Kier alpha value is -1.20. The Bertz CT molecular complexity index is 565. The number of Topliss-reactive ketones (excluding diaryl/α,β-unsaturated/α-hetero) is 1. The molecule has 0 aliphatic carbocycles. The Morgan fingerprint density at radius 3 is 2.57 bits per heavy atom. The highest BCUT2D eigenvalue weighted by Gasteiger charge is 2.15. The van der Waals surface area contributed by atoms with Crippen molar-refractivity contribution in [1.82, 2.24) is 4.72 Å². The molecule has 0 unspecified atom stereocenters. The maximum atomic E-state index is 12.2. The average molecular weight is 311 g/mol. The van der Waals surface area contributed by atoms with Crippen molar-refractivity contribution in [2.75, 3.05) is 6.54 Å². The second-order valence-corrected chi connectivity index (χ2v) is 7.36. The van der Waals surface area contributed by atoms with E-state index in [-0.39, 0.29) is 10.7 Å². The number of carbonyl (C=O) groups is 1. The molecule has 0 aromatic heterocycles. The van der Waals surface area contributed by atoms with Gasteiger partial charge in [-0.05, 0) is 24.5 Å². The summed E-state index contributed by atoms with van der Waals surface area (Å²) in [6.45, 7) is 6.50. The third kappa shape index (κ3) is 5.98. The number of ketones is 1. The van der Waals surface area contributed by atoms with Crippen LogP contribution in [0.15, 0.2) is 29.2 Å². The van der Waals surface area contributed by atoms with Gasteiger partial charge in [0.15, 0.2) is 5.78 Å². The topological polar surface area (TPSA) is 63.2 Å². The summed E-state index contributed by atoms with van der Waals surface area (Å²) >= 11 is 0. The second-order valence-electron chi connectivity index (χ2n) is 5.59. The van der Waals surface area contributed by atoms with Gasteiger partial charge in [0.05, 0.1) is 4.90 Å². The predicted octanol–water partition coefficient (Wildman–Crippen LogP) is 3.38. The Balaban J connectivity index is 2.64. The lowest BCUT2D eigenvalue weighted by Crippen LogP contribution is -2.25. The SMILES string of the molecule is CCC(=O)c1cccc(S(=O)(=O)NCCCCC(C)C)c1. The molecule has 0 saturated carbocycles. The van der Waals surface area contributed by atoms with Crippen LogP contribution in [-0.4, -0.2) is 20.7 Å². The first-order valence-electron chi connectivity index (χ1n) is 7.49. The average Bonchev–Trinajstić information content (AvgIpc) is 2.45. The number of hydrogen-bond acceptors (Lipinski definition) is 3. The molecule has 1 rings (SSSR count). The number of unbranched alkanes of at least 4 members (excludes halogenated alkanes) is 1. The first-order valence-corrected chi connectivity index (χ1v) is 8.98. The standard InChI is InChI=1S/C16H25NO3S/c1-4-16(18)14-9-7-10-15(12-14)21(19,20)17-11-6-5-8-13(2)3/h7,9-10,12-13,17H,4-6,8,11H2,1-3H3. The molecule has 0 saturated heterocycles. The van der Waals surface area contributed by atoms with E-state index in [0.717, 1.165) is 19.3 Å².